The highest BCUT2D eigenvalue weighted by molar-refractivity contribution is 5.86. The van der Waals surface area contributed by atoms with Crippen LogP contribution in [0.4, 0.5) is 11.8 Å². The maximum Gasteiger partial charge on any atom is 0.226 e. The Labute approximate surface area is 145 Å². The van der Waals surface area contributed by atoms with Gasteiger partial charge in [-0.15, -0.1) is 0 Å². The third kappa shape index (κ3) is 3.33. The molecule has 3 N–H and O–H groups in total. The molecular formula is C17H21N7O. The van der Waals surface area contributed by atoms with E-state index in [4.69, 9.17) is 10.5 Å². The third-order valence-electron chi connectivity index (χ3n) is 4.46. The second-order valence-electron chi connectivity index (χ2n) is 6.32. The molecular weight excluding hydrogens is 318 g/mol. The first-order valence-corrected chi connectivity index (χ1v) is 8.50. The van der Waals surface area contributed by atoms with E-state index in [-0.39, 0.29) is 0 Å². The third-order valence-corrected chi connectivity index (χ3v) is 4.46. The van der Waals surface area contributed by atoms with Crippen LogP contribution in [0.5, 0.6) is 5.88 Å². The van der Waals surface area contributed by atoms with Gasteiger partial charge in [-0.2, -0.15) is 15.1 Å². The Kier molecular flexibility index (Phi) is 4.09. The lowest BCUT2D eigenvalue weighted by atomic mass is 10.3. The van der Waals surface area contributed by atoms with Gasteiger partial charge in [-0.3, -0.25) is 4.68 Å². The first-order chi connectivity index (χ1) is 12.2. The van der Waals surface area contributed by atoms with Crippen LogP contribution in [0.1, 0.15) is 31.2 Å². The molecule has 3 heterocycles. The molecule has 4 rings (SSSR count). The molecule has 1 saturated carbocycles. The zero-order valence-electron chi connectivity index (χ0n) is 14.1. The van der Waals surface area contributed by atoms with E-state index in [0.29, 0.717) is 35.9 Å². The van der Waals surface area contributed by atoms with Crippen LogP contribution in [0.2, 0.25) is 0 Å². The number of hydrogen-bond donors (Lipinski definition) is 2. The molecule has 1 aliphatic rings. The Balaban J connectivity index is 1.41. The van der Waals surface area contributed by atoms with Gasteiger partial charge in [0.15, 0.2) is 5.65 Å². The molecule has 0 unspecified atom stereocenters. The zero-order chi connectivity index (χ0) is 17.2. The summed E-state index contributed by atoms with van der Waals surface area (Å²) in [5, 5.41) is 8.08. The summed E-state index contributed by atoms with van der Waals surface area (Å²) in [6.45, 7) is 0.555. The summed E-state index contributed by atoms with van der Waals surface area (Å²) in [6.07, 6.45) is 8.54. The number of nitrogens with zero attached hydrogens (tertiary/aromatic N) is 5. The second-order valence-corrected chi connectivity index (χ2v) is 6.32. The normalized spacial score (nSPS) is 14.9. The highest BCUT2D eigenvalue weighted by atomic mass is 16.5. The molecule has 1 fully saturated rings. The molecule has 0 saturated heterocycles. The van der Waals surface area contributed by atoms with Crippen molar-refractivity contribution in [3.8, 4) is 5.88 Å². The summed E-state index contributed by atoms with van der Waals surface area (Å²) >= 11 is 0. The SMILES string of the molecule is Cn1ncc2c(N)nc(NCc3ccc(OC4CCCC4)nc3)nc21. The van der Waals surface area contributed by atoms with Gasteiger partial charge < -0.3 is 15.8 Å². The molecule has 0 spiro atoms. The van der Waals surface area contributed by atoms with Gasteiger partial charge in [0.1, 0.15) is 11.9 Å². The first-order valence-electron chi connectivity index (χ1n) is 8.50. The van der Waals surface area contributed by atoms with Crippen molar-refractivity contribution in [3.63, 3.8) is 0 Å². The molecule has 130 valence electrons. The van der Waals surface area contributed by atoms with Crippen molar-refractivity contribution in [2.24, 2.45) is 7.05 Å². The number of nitrogens with one attached hydrogen (secondary N) is 1. The van der Waals surface area contributed by atoms with Gasteiger partial charge in [-0.05, 0) is 31.2 Å². The Bertz CT molecular complexity index is 869. The van der Waals surface area contributed by atoms with Crippen LogP contribution in [0.3, 0.4) is 0 Å². The summed E-state index contributed by atoms with van der Waals surface area (Å²) in [7, 11) is 1.82. The standard InChI is InChI=1S/C17H21N7O/c1-24-16-13(10-21-24)15(18)22-17(23-16)20-9-11-6-7-14(19-8-11)25-12-4-2-3-5-12/h6-8,10,12H,2-5,9H2,1H3,(H3,18,20,22,23). The number of aromatic nitrogens is 5. The lowest BCUT2D eigenvalue weighted by molar-refractivity contribution is 0.201. The molecule has 0 amide bonds. The van der Waals surface area contributed by atoms with Gasteiger partial charge in [-0.1, -0.05) is 6.07 Å². The molecule has 8 nitrogen and oxygen atoms in total. The van der Waals surface area contributed by atoms with Gasteiger partial charge in [0.2, 0.25) is 11.8 Å². The van der Waals surface area contributed by atoms with Crippen LogP contribution < -0.4 is 15.8 Å². The quantitative estimate of drug-likeness (QED) is 0.735. The van der Waals surface area contributed by atoms with Crippen molar-refractivity contribution in [2.75, 3.05) is 11.1 Å². The molecule has 3 aromatic rings. The number of anilines is 2. The van der Waals surface area contributed by atoms with Crippen LogP contribution in [-0.2, 0) is 13.6 Å². The first kappa shape index (κ1) is 15.6. The van der Waals surface area contributed by atoms with E-state index in [1.807, 2.05) is 25.4 Å². The van der Waals surface area contributed by atoms with Crippen LogP contribution in [0.15, 0.2) is 24.5 Å². The summed E-state index contributed by atoms with van der Waals surface area (Å²) in [6, 6.07) is 3.91. The average molecular weight is 339 g/mol. The predicted octanol–water partition coefficient (Wildman–Crippen LogP) is 2.27. The van der Waals surface area contributed by atoms with E-state index in [1.54, 1.807) is 10.9 Å². The zero-order valence-corrected chi connectivity index (χ0v) is 14.1. The Hall–Kier alpha value is -2.90. The highest BCUT2D eigenvalue weighted by Gasteiger charge is 2.16. The lowest BCUT2D eigenvalue weighted by Crippen LogP contribution is -2.12. The van der Waals surface area contributed by atoms with Gasteiger partial charge in [0.05, 0.1) is 11.6 Å². The largest absolute Gasteiger partial charge is 0.474 e. The molecule has 1 aliphatic carbocycles. The van der Waals surface area contributed by atoms with Crippen LogP contribution in [0.25, 0.3) is 11.0 Å². The van der Waals surface area contributed by atoms with Crippen LogP contribution in [0, 0.1) is 0 Å². The number of nitrogen functional groups attached to an aromatic ring is 1. The van der Waals surface area contributed by atoms with E-state index < -0.39 is 0 Å². The summed E-state index contributed by atoms with van der Waals surface area (Å²) in [5.74, 6) is 1.58. The van der Waals surface area contributed by atoms with Crippen LogP contribution >= 0.6 is 0 Å². The fourth-order valence-electron chi connectivity index (χ4n) is 3.07. The van der Waals surface area contributed by atoms with Gasteiger partial charge in [-0.25, -0.2) is 4.98 Å². The van der Waals surface area contributed by atoms with E-state index in [0.717, 1.165) is 23.8 Å². The monoisotopic (exact) mass is 339 g/mol. The summed E-state index contributed by atoms with van der Waals surface area (Å²) < 4.78 is 7.55. The van der Waals surface area contributed by atoms with Gasteiger partial charge in [0, 0.05) is 25.9 Å². The minimum atomic E-state index is 0.318. The average Bonchev–Trinajstić information content (AvgIpc) is 3.25. The van der Waals surface area contributed by atoms with E-state index in [1.165, 1.54) is 12.8 Å². The minimum Gasteiger partial charge on any atom is -0.474 e. The number of fused-ring (bicyclic) bond motifs is 1. The molecule has 0 aliphatic heterocycles. The molecule has 8 heteroatoms. The van der Waals surface area contributed by atoms with Crippen molar-refractivity contribution >= 4 is 22.8 Å². The molecule has 0 bridgehead atoms. The van der Waals surface area contributed by atoms with E-state index >= 15 is 0 Å². The molecule has 3 aromatic heterocycles. The molecule has 0 aromatic carbocycles. The van der Waals surface area contributed by atoms with Crippen LogP contribution in [-0.4, -0.2) is 30.8 Å². The van der Waals surface area contributed by atoms with Gasteiger partial charge in [0.25, 0.3) is 0 Å². The Morgan fingerprint density at radius 3 is 2.84 bits per heavy atom. The molecule has 0 atom stereocenters. The number of ether oxygens (including phenoxy) is 1. The fourth-order valence-corrected chi connectivity index (χ4v) is 3.07. The number of hydrogen-bond acceptors (Lipinski definition) is 7. The smallest absolute Gasteiger partial charge is 0.226 e. The second kappa shape index (κ2) is 6.54. The number of rotatable bonds is 5. The Morgan fingerprint density at radius 1 is 1.24 bits per heavy atom. The maximum absolute atomic E-state index is 5.96. The molecule has 0 radical (unpaired) electrons. The number of nitrogens with two attached hydrogens (primary N) is 1. The maximum atomic E-state index is 5.96. The van der Waals surface area contributed by atoms with E-state index in [9.17, 15) is 0 Å². The number of aryl methyl sites for hydroxylation is 1. The van der Waals surface area contributed by atoms with E-state index in [2.05, 4.69) is 25.4 Å². The van der Waals surface area contributed by atoms with Crippen molar-refractivity contribution in [2.45, 2.75) is 38.3 Å². The fraction of sp³-hybridized carbons (Fsp3) is 0.412. The summed E-state index contributed by atoms with van der Waals surface area (Å²) in [4.78, 5) is 13.1. The van der Waals surface area contributed by atoms with Crippen molar-refractivity contribution < 1.29 is 4.74 Å². The van der Waals surface area contributed by atoms with Crippen molar-refractivity contribution in [1.82, 2.24) is 24.7 Å². The topological polar surface area (TPSA) is 104 Å². The number of pyridine rings is 1. The molecule has 25 heavy (non-hydrogen) atoms. The van der Waals surface area contributed by atoms with Crippen molar-refractivity contribution in [1.29, 1.82) is 0 Å². The van der Waals surface area contributed by atoms with Gasteiger partial charge >= 0.3 is 0 Å². The minimum absolute atomic E-state index is 0.318. The van der Waals surface area contributed by atoms with Crippen molar-refractivity contribution in [3.05, 3.63) is 30.1 Å². The highest BCUT2D eigenvalue weighted by Crippen LogP contribution is 2.23. The Morgan fingerprint density at radius 2 is 2.08 bits per heavy atom. The summed E-state index contributed by atoms with van der Waals surface area (Å²) in [5.41, 5.74) is 7.69. The predicted molar refractivity (Wildman–Crippen MR) is 95.2 cm³/mol. The lowest BCUT2D eigenvalue weighted by Gasteiger charge is -2.12.